The van der Waals surface area contributed by atoms with E-state index in [1.54, 1.807) is 0 Å². The van der Waals surface area contributed by atoms with Gasteiger partial charge in [0.1, 0.15) is 12.1 Å². The van der Waals surface area contributed by atoms with Crippen LogP contribution in [0.1, 0.15) is 25.7 Å². The van der Waals surface area contributed by atoms with Gasteiger partial charge in [0.25, 0.3) is 0 Å². The van der Waals surface area contributed by atoms with E-state index in [1.165, 1.54) is 0 Å². The molecule has 7 N–H and O–H groups in total. The van der Waals surface area contributed by atoms with E-state index in [4.69, 9.17) is 21.1 Å². The molecule has 0 heterocycles. The SMILES string of the molecule is NCCCC(NC(=O)NC(CCC(=O)O)C(=O)O)C(=O)O. The van der Waals surface area contributed by atoms with Crippen LogP contribution in [0.15, 0.2) is 0 Å². The molecule has 0 fully saturated rings. The van der Waals surface area contributed by atoms with Gasteiger partial charge >= 0.3 is 23.9 Å². The Kier molecular flexibility index (Phi) is 8.46. The van der Waals surface area contributed by atoms with Gasteiger partial charge in [0.15, 0.2) is 0 Å². The predicted molar refractivity (Wildman–Crippen MR) is 69.7 cm³/mol. The van der Waals surface area contributed by atoms with E-state index >= 15 is 0 Å². The lowest BCUT2D eigenvalue weighted by Gasteiger charge is -2.18. The molecule has 0 saturated heterocycles. The second-order valence-corrected chi connectivity index (χ2v) is 4.26. The summed E-state index contributed by atoms with van der Waals surface area (Å²) in [5, 5.41) is 30.4. The molecule has 0 saturated carbocycles. The third-order valence-corrected chi connectivity index (χ3v) is 2.55. The molecule has 0 aromatic heterocycles. The van der Waals surface area contributed by atoms with E-state index in [0.717, 1.165) is 0 Å². The molecule has 0 radical (unpaired) electrons. The van der Waals surface area contributed by atoms with Crippen LogP contribution in [0.4, 0.5) is 4.79 Å². The molecule has 0 aliphatic rings. The molecular weight excluding hydrogens is 286 g/mol. The molecule has 2 unspecified atom stereocenters. The lowest BCUT2D eigenvalue weighted by Crippen LogP contribution is -2.51. The number of carboxylic acids is 3. The first kappa shape index (κ1) is 18.6. The minimum Gasteiger partial charge on any atom is -0.481 e. The standard InChI is InChI=1S/C11H19N3O7/c12-5-1-2-6(9(17)18)13-11(21)14-7(10(19)20)3-4-8(15)16/h6-7H,1-5,12H2,(H,15,16)(H,17,18)(H,19,20)(H2,13,14,21). The molecule has 0 spiro atoms. The molecule has 0 rings (SSSR count). The van der Waals surface area contributed by atoms with E-state index in [0.29, 0.717) is 6.42 Å². The van der Waals surface area contributed by atoms with E-state index < -0.39 is 42.4 Å². The van der Waals surface area contributed by atoms with Gasteiger partial charge in [-0.1, -0.05) is 0 Å². The number of nitrogens with two attached hydrogens (primary N) is 1. The van der Waals surface area contributed by atoms with Crippen molar-refractivity contribution in [2.75, 3.05) is 6.54 Å². The lowest BCUT2D eigenvalue weighted by atomic mass is 10.1. The van der Waals surface area contributed by atoms with Crippen LogP contribution < -0.4 is 16.4 Å². The van der Waals surface area contributed by atoms with Crippen LogP contribution in [0.3, 0.4) is 0 Å². The van der Waals surface area contributed by atoms with Crippen molar-refractivity contribution in [1.29, 1.82) is 0 Å². The van der Waals surface area contributed by atoms with Gasteiger partial charge in [0, 0.05) is 6.42 Å². The number of urea groups is 1. The number of rotatable bonds is 10. The fourth-order valence-electron chi connectivity index (χ4n) is 1.46. The van der Waals surface area contributed by atoms with Crippen molar-refractivity contribution in [1.82, 2.24) is 10.6 Å². The van der Waals surface area contributed by atoms with Gasteiger partial charge in [-0.25, -0.2) is 14.4 Å². The Labute approximate surface area is 120 Å². The molecule has 0 aromatic rings. The van der Waals surface area contributed by atoms with Gasteiger partial charge in [0.2, 0.25) is 0 Å². The average Bonchev–Trinajstić information content (AvgIpc) is 2.38. The van der Waals surface area contributed by atoms with Crippen molar-refractivity contribution in [2.45, 2.75) is 37.8 Å². The number of amides is 2. The van der Waals surface area contributed by atoms with Crippen LogP contribution in [0.25, 0.3) is 0 Å². The number of carbonyl (C=O) groups excluding carboxylic acids is 1. The van der Waals surface area contributed by atoms with Crippen molar-refractivity contribution in [2.24, 2.45) is 5.73 Å². The molecule has 2 atom stereocenters. The topological polar surface area (TPSA) is 179 Å². The molecular formula is C11H19N3O7. The summed E-state index contributed by atoms with van der Waals surface area (Å²) in [5.74, 6) is -3.87. The van der Waals surface area contributed by atoms with Gasteiger partial charge < -0.3 is 31.7 Å². The van der Waals surface area contributed by atoms with Crippen LogP contribution in [-0.2, 0) is 14.4 Å². The summed E-state index contributed by atoms with van der Waals surface area (Å²) in [5.41, 5.74) is 5.24. The second-order valence-electron chi connectivity index (χ2n) is 4.26. The Morgan fingerprint density at radius 3 is 1.76 bits per heavy atom. The smallest absolute Gasteiger partial charge is 0.326 e. The third-order valence-electron chi connectivity index (χ3n) is 2.55. The van der Waals surface area contributed by atoms with Gasteiger partial charge in [0.05, 0.1) is 0 Å². The Morgan fingerprint density at radius 2 is 1.38 bits per heavy atom. The van der Waals surface area contributed by atoms with Crippen LogP contribution in [0.5, 0.6) is 0 Å². The van der Waals surface area contributed by atoms with Gasteiger partial charge in [-0.3, -0.25) is 4.79 Å². The highest BCUT2D eigenvalue weighted by atomic mass is 16.4. The molecule has 21 heavy (non-hydrogen) atoms. The number of carboxylic acid groups (broad SMARTS) is 3. The summed E-state index contributed by atoms with van der Waals surface area (Å²) < 4.78 is 0. The van der Waals surface area contributed by atoms with Crippen LogP contribution >= 0.6 is 0 Å². The highest BCUT2D eigenvalue weighted by molar-refractivity contribution is 5.86. The second kappa shape index (κ2) is 9.53. The molecule has 10 heteroatoms. The normalized spacial score (nSPS) is 13.0. The Balaban J connectivity index is 4.49. The van der Waals surface area contributed by atoms with Gasteiger partial charge in [-0.2, -0.15) is 0 Å². The van der Waals surface area contributed by atoms with Crippen LogP contribution in [0.2, 0.25) is 0 Å². The zero-order chi connectivity index (χ0) is 16.4. The van der Waals surface area contributed by atoms with E-state index in [-0.39, 0.29) is 19.4 Å². The van der Waals surface area contributed by atoms with Gasteiger partial charge in [-0.05, 0) is 25.8 Å². The number of aliphatic carboxylic acids is 3. The summed E-state index contributed by atoms with van der Waals surface area (Å²) in [4.78, 5) is 43.7. The molecule has 0 bridgehead atoms. The summed E-state index contributed by atoms with van der Waals surface area (Å²) in [6.45, 7) is 0.253. The molecule has 10 nitrogen and oxygen atoms in total. The number of nitrogens with one attached hydrogen (secondary N) is 2. The van der Waals surface area contributed by atoms with Crippen LogP contribution in [-0.4, -0.2) is 57.9 Å². The molecule has 0 aliphatic carbocycles. The number of carbonyl (C=O) groups is 4. The van der Waals surface area contributed by atoms with Crippen LogP contribution in [0, 0.1) is 0 Å². The first-order valence-corrected chi connectivity index (χ1v) is 6.22. The maximum atomic E-state index is 11.6. The third kappa shape index (κ3) is 8.42. The first-order chi connectivity index (χ1) is 9.77. The Hall–Kier alpha value is -2.36. The molecule has 2 amide bonds. The lowest BCUT2D eigenvalue weighted by molar-refractivity contribution is -0.140. The largest absolute Gasteiger partial charge is 0.481 e. The maximum Gasteiger partial charge on any atom is 0.326 e. The fraction of sp³-hybridized carbons (Fsp3) is 0.636. The van der Waals surface area contributed by atoms with Crippen molar-refractivity contribution in [3.8, 4) is 0 Å². The highest BCUT2D eigenvalue weighted by Crippen LogP contribution is 2.00. The van der Waals surface area contributed by atoms with Gasteiger partial charge in [-0.15, -0.1) is 0 Å². The van der Waals surface area contributed by atoms with Crippen molar-refractivity contribution in [3.63, 3.8) is 0 Å². The first-order valence-electron chi connectivity index (χ1n) is 6.22. The minimum absolute atomic E-state index is 0.103. The zero-order valence-electron chi connectivity index (χ0n) is 11.2. The molecule has 120 valence electrons. The average molecular weight is 305 g/mol. The van der Waals surface area contributed by atoms with E-state index in [2.05, 4.69) is 5.32 Å². The maximum absolute atomic E-state index is 11.6. The fourth-order valence-corrected chi connectivity index (χ4v) is 1.46. The monoisotopic (exact) mass is 305 g/mol. The van der Waals surface area contributed by atoms with E-state index in [1.807, 2.05) is 5.32 Å². The quantitative estimate of drug-likeness (QED) is 0.291. The zero-order valence-corrected chi connectivity index (χ0v) is 11.2. The number of hydrogen-bond donors (Lipinski definition) is 6. The molecule has 0 aromatic carbocycles. The summed E-state index contributed by atoms with van der Waals surface area (Å²) >= 11 is 0. The molecule has 0 aliphatic heterocycles. The Bertz CT molecular complexity index is 399. The Morgan fingerprint density at radius 1 is 0.905 bits per heavy atom. The summed E-state index contributed by atoms with van der Waals surface area (Å²) in [6, 6.07) is -3.59. The van der Waals surface area contributed by atoms with Crippen molar-refractivity contribution in [3.05, 3.63) is 0 Å². The number of hydrogen-bond acceptors (Lipinski definition) is 5. The summed E-state index contributed by atoms with van der Waals surface area (Å²) in [7, 11) is 0. The predicted octanol–water partition coefficient (Wildman–Crippen LogP) is -1.20. The highest BCUT2D eigenvalue weighted by Gasteiger charge is 2.24. The summed E-state index contributed by atoms with van der Waals surface area (Å²) in [6.07, 6.45) is -0.268. The minimum atomic E-state index is -1.41. The van der Waals surface area contributed by atoms with E-state index in [9.17, 15) is 19.2 Å². The van der Waals surface area contributed by atoms with Crippen molar-refractivity contribution < 1.29 is 34.5 Å². The van der Waals surface area contributed by atoms with Crippen molar-refractivity contribution >= 4 is 23.9 Å².